The van der Waals surface area contributed by atoms with Crippen LogP contribution in [0.1, 0.15) is 123 Å². The van der Waals surface area contributed by atoms with Crippen LogP contribution in [0.2, 0.25) is 5.02 Å². The molecule has 5 fully saturated rings. The number of aliphatic hydroxyl groups excluding tert-OH is 5. The van der Waals surface area contributed by atoms with Crippen LogP contribution in [0.5, 0.6) is 51.7 Å². The molecule has 612 valence electrons. The summed E-state index contributed by atoms with van der Waals surface area (Å²) >= 11 is 7.18. The number of urea groups is 1. The number of anilines is 1. The summed E-state index contributed by atoms with van der Waals surface area (Å²) in [4.78, 5) is 137. The summed E-state index contributed by atoms with van der Waals surface area (Å²) in [5.74, 6) is -12.4. The van der Waals surface area contributed by atoms with Crippen molar-refractivity contribution in [1.82, 2.24) is 47.9 Å². The lowest BCUT2D eigenvalue weighted by atomic mass is 9.54. The number of imide groups is 1. The van der Waals surface area contributed by atoms with E-state index in [-0.39, 0.29) is 105 Å². The SMILES string of the molecule is CN[C@H](CC(C)C)C(=O)N[C@H]1C(=O)N[C@@H](CC(=O)NC(=O)Nc2ccc(OCCOC)cc2)C(=O)NC2C(=O)N[C@H]3C(=O)N[C@H](C(=O)N[C@H](C(=O)NC4C5CC6CC(C5)CC4C6)c4cc(O)cc(O)c4-c4cc3ccc4O)[C@H](O)c3ccc(c(Cl)c3)Oc3cc2cc(c3O[C@@H]2O[C@H](CN)[C@@H](O)[C@H](O)[C@H]2O)Oc2ccc(cc2C)[C@H]1O. The maximum atomic E-state index is 16.4. The Bertz CT molecular complexity index is 4720. The first kappa shape index (κ1) is 82.1. The van der Waals surface area contributed by atoms with E-state index in [1.165, 1.54) is 75.7 Å². The van der Waals surface area contributed by atoms with Gasteiger partial charge in [-0.3, -0.25) is 43.7 Å². The van der Waals surface area contributed by atoms with Crippen molar-refractivity contribution in [1.29, 1.82) is 0 Å². The number of carbonyl (C=O) groups excluding carboxylic acids is 9. The summed E-state index contributed by atoms with van der Waals surface area (Å²) in [5.41, 5.74) is 4.39. The van der Waals surface area contributed by atoms with E-state index >= 15 is 28.8 Å². The standard InChI is InChI=1S/C80H92ClN11O23/c1-33(2)18-49(83-4)72(102)91-64-66(97)38-7-14-53(34(3)19-38)112-55-27-42-28-56(71(55)115-79-70(101)69(100)68(99)57(32-82)114-79)113-54-15-8-39(26-48(54)81)67(98)65-78(108)90-63(76(106)87-60-40-21-35-20-36(23-40)24-41(60)22-35)47-29-44(93)30-52(95)59(47)46-25-37(6-13-51(46)94)61(74(104)92-65)89-75(105)62(42)88-73(103)50(85-77(64)107)31-58(96)86-80(109)84-43-9-11-45(12-10-43)111-17-16-110-5/h6-15,19,25-30,33,35-36,40-41,49-50,57,60-70,79,83,93-95,97-101H,16-18,20-24,31-32,82H2,1-5H3,(H,85,107)(H,87,106)(H,88,103)(H,89,105)(H,90,108)(H,91,102)(H,92,104)(H2,84,86,96,109)/t35?,36?,40?,41?,49-,50+,57-,60?,61-,62?,63+,64-,65+,66-,67-,68-,69+,70-,79+/m1/s1. The highest BCUT2D eigenvalue weighted by atomic mass is 35.5. The van der Waals surface area contributed by atoms with Gasteiger partial charge in [-0.1, -0.05) is 43.6 Å². The van der Waals surface area contributed by atoms with E-state index in [1.807, 2.05) is 13.8 Å². The van der Waals surface area contributed by atoms with Crippen LogP contribution in [0.3, 0.4) is 0 Å². The number of phenols is 3. The zero-order chi connectivity index (χ0) is 82.1. The van der Waals surface area contributed by atoms with E-state index in [0.29, 0.717) is 17.6 Å². The van der Waals surface area contributed by atoms with Gasteiger partial charge in [-0.25, -0.2) is 4.79 Å². The second-order valence-corrected chi connectivity index (χ2v) is 31.0. The Morgan fingerprint density at radius 1 is 0.643 bits per heavy atom. The van der Waals surface area contributed by atoms with E-state index in [9.17, 15) is 55.2 Å². The number of methoxy groups -OCH3 is 1. The fourth-order valence-corrected chi connectivity index (χ4v) is 16.8. The average molecular weight is 1610 g/mol. The van der Waals surface area contributed by atoms with Crippen LogP contribution in [-0.2, 0) is 47.8 Å². The third-order valence-electron chi connectivity index (χ3n) is 22.1. The molecule has 4 saturated carbocycles. The predicted octanol–water partition coefficient (Wildman–Crippen LogP) is 3.23. The van der Waals surface area contributed by atoms with Crippen LogP contribution in [0.15, 0.2) is 103 Å². The molecular formula is C80H92ClN11O23. The summed E-state index contributed by atoms with van der Waals surface area (Å²) in [6, 6.07) is 5.63. The zero-order valence-corrected chi connectivity index (χ0v) is 63.8. The minimum absolute atomic E-state index is 0.0448. The Hall–Kier alpha value is -10.9. The van der Waals surface area contributed by atoms with Crippen molar-refractivity contribution in [2.45, 2.75) is 157 Å². The van der Waals surface area contributed by atoms with Crippen LogP contribution in [0.4, 0.5) is 10.5 Å². The summed E-state index contributed by atoms with van der Waals surface area (Å²) < 4.78 is 36.5. The molecule has 1 saturated heterocycles. The number of fused-ring (bicyclic) bond motifs is 15. The van der Waals surface area contributed by atoms with Crippen molar-refractivity contribution in [3.8, 4) is 62.9 Å². The van der Waals surface area contributed by atoms with Crippen LogP contribution < -0.4 is 77.8 Å². The number of aromatic hydroxyl groups is 3. The molecule has 0 spiro atoms. The van der Waals surface area contributed by atoms with Crippen LogP contribution in [-0.4, -0.2) is 189 Å². The van der Waals surface area contributed by atoms with Crippen LogP contribution in [0.25, 0.3) is 11.1 Å². The molecule has 0 aromatic heterocycles. The third kappa shape index (κ3) is 17.8. The second-order valence-electron chi connectivity index (χ2n) is 30.6. The van der Waals surface area contributed by atoms with Gasteiger partial charge in [0, 0.05) is 42.6 Å². The van der Waals surface area contributed by atoms with Crippen molar-refractivity contribution in [2.24, 2.45) is 35.3 Å². The average Bonchev–Trinajstić information content (AvgIpc) is 0.760. The van der Waals surface area contributed by atoms with Gasteiger partial charge in [0.25, 0.3) is 0 Å². The fraction of sp³-hybridized carbons (Fsp3) is 0.438. The lowest BCUT2D eigenvalue weighted by Gasteiger charge is -2.54. The van der Waals surface area contributed by atoms with E-state index in [2.05, 4.69) is 53.2 Å². The first-order valence-corrected chi connectivity index (χ1v) is 38.2. The molecule has 10 amide bonds. The number of rotatable bonds is 17. The van der Waals surface area contributed by atoms with Gasteiger partial charge >= 0.3 is 6.03 Å². The first-order chi connectivity index (χ1) is 54.9. The van der Waals surface area contributed by atoms with Crippen LogP contribution >= 0.6 is 11.6 Å². The summed E-state index contributed by atoms with van der Waals surface area (Å²) in [6.07, 6.45) is -9.97. The molecule has 1 unspecified atom stereocenters. The van der Waals surface area contributed by atoms with Gasteiger partial charge in [0.15, 0.2) is 11.5 Å². The minimum Gasteiger partial charge on any atom is -0.508 e. The maximum absolute atomic E-state index is 16.4. The van der Waals surface area contributed by atoms with Gasteiger partial charge < -0.3 is 123 Å². The van der Waals surface area contributed by atoms with Gasteiger partial charge in [-0.15, -0.1) is 0 Å². The quantitative estimate of drug-likeness (QED) is 0.0583. The molecule has 6 heterocycles. The van der Waals surface area contributed by atoms with Gasteiger partial charge in [0.1, 0.15) is 114 Å². The molecule has 0 radical (unpaired) electrons. The number of phenolic OH excluding ortho intramolecular Hbond substituents is 3. The molecule has 6 aromatic rings. The Morgan fingerprint density at radius 3 is 1.94 bits per heavy atom. The highest BCUT2D eigenvalue weighted by Gasteiger charge is 2.51. The van der Waals surface area contributed by atoms with Crippen molar-refractivity contribution in [3.63, 3.8) is 0 Å². The van der Waals surface area contributed by atoms with Gasteiger partial charge in [0.05, 0.1) is 24.1 Å². The van der Waals surface area contributed by atoms with E-state index in [1.54, 1.807) is 0 Å². The molecule has 14 atom stereocenters. The van der Waals surface area contributed by atoms with Crippen molar-refractivity contribution in [2.75, 3.05) is 39.2 Å². The summed E-state index contributed by atoms with van der Waals surface area (Å²) in [7, 11) is 2.99. The molecule has 4 aliphatic carbocycles. The van der Waals surface area contributed by atoms with Gasteiger partial charge in [0.2, 0.25) is 59.3 Å². The van der Waals surface area contributed by atoms with Crippen molar-refractivity contribution >= 4 is 70.6 Å². The molecule has 10 aliphatic rings. The first-order valence-electron chi connectivity index (χ1n) is 37.8. The minimum atomic E-state index is -2.35. The number of likely N-dealkylation sites (N-methyl/N-ethyl adjacent to an activating group) is 1. The van der Waals surface area contributed by atoms with Gasteiger partial charge in [-0.05, 0) is 194 Å². The molecule has 16 rings (SSSR count). The second kappa shape index (κ2) is 34.6. The fourth-order valence-electron chi connectivity index (χ4n) is 16.6. The molecule has 115 heavy (non-hydrogen) atoms. The number of benzene rings is 6. The van der Waals surface area contributed by atoms with Crippen LogP contribution in [0, 0.1) is 36.5 Å². The van der Waals surface area contributed by atoms with E-state index in [0.717, 1.165) is 80.6 Å². The zero-order valence-electron chi connectivity index (χ0n) is 63.1. The monoisotopic (exact) mass is 1610 g/mol. The lowest BCUT2D eigenvalue weighted by molar-refractivity contribution is -0.270. The molecule has 6 aromatic carbocycles. The Morgan fingerprint density at radius 2 is 1.29 bits per heavy atom. The van der Waals surface area contributed by atoms with Gasteiger partial charge in [-0.2, -0.15) is 0 Å². The number of amides is 10. The maximum Gasteiger partial charge on any atom is 0.325 e. The van der Waals surface area contributed by atoms with E-state index < -0.39 is 192 Å². The third-order valence-corrected chi connectivity index (χ3v) is 22.4. The predicted molar refractivity (Wildman–Crippen MR) is 408 cm³/mol. The highest BCUT2D eigenvalue weighted by molar-refractivity contribution is 6.32. The number of nitrogens with one attached hydrogen (secondary N) is 10. The number of carbonyl (C=O) groups is 9. The summed E-state index contributed by atoms with van der Waals surface area (Å²) in [5, 5.41) is 121. The van der Waals surface area contributed by atoms with Crippen molar-refractivity contribution < 1.29 is 112 Å². The molecule has 15 bridgehead atoms. The number of halogens is 1. The smallest absolute Gasteiger partial charge is 0.325 e. The number of nitrogens with two attached hydrogens (primary N) is 1. The largest absolute Gasteiger partial charge is 0.508 e. The molecular weight excluding hydrogens is 1520 g/mol. The van der Waals surface area contributed by atoms with E-state index in [4.69, 9.17) is 45.8 Å². The number of hydrogen-bond donors (Lipinski definition) is 19. The molecule has 34 nitrogen and oxygen atoms in total. The topological polar surface area (TPSA) is 517 Å². The summed E-state index contributed by atoms with van der Waals surface area (Å²) in [6.45, 7) is 5.20. The Balaban J connectivity index is 0.986. The highest BCUT2D eigenvalue weighted by Crippen LogP contribution is 2.55. The number of aryl methyl sites for hydroxylation is 1. The lowest BCUT2D eigenvalue weighted by Crippen LogP contribution is -2.60. The molecule has 6 aliphatic heterocycles. The Kier molecular flexibility index (Phi) is 24.7. The normalized spacial score (nSPS) is 27.9. The number of aliphatic hydroxyl groups is 5. The Labute approximate surface area is 663 Å². The number of hydrogen-bond acceptors (Lipinski definition) is 25. The van der Waals surface area contributed by atoms with Crippen molar-refractivity contribution in [3.05, 3.63) is 142 Å². The molecule has 20 N–H and O–H groups in total. The number of ether oxygens (including phenoxy) is 6. The molecule has 35 heteroatoms.